The number of carbonyl (C=O) groups is 1. The molecule has 128 valence electrons. The molecule has 0 saturated carbocycles. The van der Waals surface area contributed by atoms with Gasteiger partial charge in [-0.05, 0) is 36.0 Å². The molecule has 0 radical (unpaired) electrons. The summed E-state index contributed by atoms with van der Waals surface area (Å²) in [6, 6.07) is 7.45. The van der Waals surface area contributed by atoms with Gasteiger partial charge < -0.3 is 14.2 Å². The maximum atomic E-state index is 10.7. The smallest absolute Gasteiger partial charge is 0.404 e. The number of hydrogen-bond acceptors (Lipinski definition) is 4. The summed E-state index contributed by atoms with van der Waals surface area (Å²) in [4.78, 5) is 10.7. The van der Waals surface area contributed by atoms with Crippen molar-refractivity contribution in [3.8, 4) is 5.75 Å². The van der Waals surface area contributed by atoms with E-state index in [2.05, 4.69) is 27.7 Å². The Morgan fingerprint density at radius 1 is 1.22 bits per heavy atom. The second-order valence-corrected chi connectivity index (χ2v) is 6.63. The van der Waals surface area contributed by atoms with Gasteiger partial charge >= 0.3 is 5.43 Å². The minimum absolute atomic E-state index is 0.131. The molecule has 0 aliphatic carbocycles. The van der Waals surface area contributed by atoms with E-state index in [1.54, 1.807) is 0 Å². The van der Waals surface area contributed by atoms with Gasteiger partial charge in [-0.15, -0.1) is 0 Å². The molecule has 5 heteroatoms. The van der Waals surface area contributed by atoms with Crippen molar-refractivity contribution in [2.24, 2.45) is 17.8 Å². The van der Waals surface area contributed by atoms with Crippen molar-refractivity contribution >= 4 is 17.0 Å². The van der Waals surface area contributed by atoms with Crippen LogP contribution in [0.2, 0.25) is 0 Å². The van der Waals surface area contributed by atoms with E-state index in [-0.39, 0.29) is 19.0 Å². The largest absolute Gasteiger partial charge is 0.465 e. The van der Waals surface area contributed by atoms with E-state index in [1.165, 1.54) is 0 Å². The molecule has 0 aromatic heterocycles. The van der Waals surface area contributed by atoms with E-state index in [0.717, 1.165) is 12.0 Å². The van der Waals surface area contributed by atoms with Crippen LogP contribution < -0.4 is 4.74 Å². The van der Waals surface area contributed by atoms with Gasteiger partial charge in [-0.3, -0.25) is 0 Å². The summed E-state index contributed by atoms with van der Waals surface area (Å²) in [6.45, 7) is 8.93. The standard InChI is InChI=1S/C18H25ClO4/c1-5-16-12(3)11(2)13(4)17(23-16)22-15-8-6-7-14(9-15)10-21-18(19)20/h6-9,11-13,16-17H,5,10H2,1-4H3. The van der Waals surface area contributed by atoms with Crippen LogP contribution in [0.15, 0.2) is 24.3 Å². The molecular formula is C18H25ClO4. The molecule has 23 heavy (non-hydrogen) atoms. The zero-order valence-corrected chi connectivity index (χ0v) is 14.9. The first-order chi connectivity index (χ1) is 10.9. The maximum absolute atomic E-state index is 10.7. The van der Waals surface area contributed by atoms with E-state index in [4.69, 9.17) is 25.8 Å². The molecular weight excluding hydrogens is 316 g/mol. The van der Waals surface area contributed by atoms with Crippen molar-refractivity contribution in [1.29, 1.82) is 0 Å². The summed E-state index contributed by atoms with van der Waals surface area (Å²) in [5, 5.41) is 0. The Kier molecular flexibility index (Phi) is 6.31. The van der Waals surface area contributed by atoms with Gasteiger partial charge in [-0.25, -0.2) is 4.79 Å². The molecule has 4 nitrogen and oxygen atoms in total. The number of halogens is 1. The normalized spacial score (nSPS) is 30.7. The van der Waals surface area contributed by atoms with Gasteiger partial charge in [-0.1, -0.05) is 39.8 Å². The number of carbonyl (C=O) groups excluding carboxylic acids is 1. The lowest BCUT2D eigenvalue weighted by Gasteiger charge is -2.43. The van der Waals surface area contributed by atoms with E-state index in [0.29, 0.717) is 23.5 Å². The fourth-order valence-electron chi connectivity index (χ4n) is 3.07. The number of ether oxygens (including phenoxy) is 3. The minimum Gasteiger partial charge on any atom is -0.465 e. The number of benzene rings is 1. The number of hydrogen-bond donors (Lipinski definition) is 0. The molecule has 5 atom stereocenters. The average molecular weight is 341 g/mol. The molecule has 1 heterocycles. The van der Waals surface area contributed by atoms with Crippen molar-refractivity contribution in [1.82, 2.24) is 0 Å². The third-order valence-corrected chi connectivity index (χ3v) is 5.00. The topological polar surface area (TPSA) is 44.8 Å². The molecule has 1 aromatic rings. The lowest BCUT2D eigenvalue weighted by molar-refractivity contribution is -0.211. The van der Waals surface area contributed by atoms with Gasteiger partial charge in [0.2, 0.25) is 6.29 Å². The van der Waals surface area contributed by atoms with Gasteiger partial charge in [0.25, 0.3) is 0 Å². The highest BCUT2D eigenvalue weighted by molar-refractivity contribution is 6.61. The van der Waals surface area contributed by atoms with Gasteiger partial charge in [-0.2, -0.15) is 0 Å². The monoisotopic (exact) mass is 340 g/mol. The highest BCUT2D eigenvalue weighted by atomic mass is 35.5. The third kappa shape index (κ3) is 4.61. The van der Waals surface area contributed by atoms with Crippen LogP contribution in [0.5, 0.6) is 5.75 Å². The molecule has 5 unspecified atom stereocenters. The summed E-state index contributed by atoms with van der Waals surface area (Å²) in [5.74, 6) is 2.06. The second-order valence-electron chi connectivity index (χ2n) is 6.32. The fourth-order valence-corrected chi connectivity index (χ4v) is 3.13. The SMILES string of the molecule is CCC1OC(Oc2cccc(COC(=O)Cl)c2)C(C)C(C)C1C. The highest BCUT2D eigenvalue weighted by Crippen LogP contribution is 2.37. The van der Waals surface area contributed by atoms with Crippen LogP contribution in [0, 0.1) is 17.8 Å². The Bertz CT molecular complexity index is 532. The Hall–Kier alpha value is -1.26. The van der Waals surface area contributed by atoms with Crippen molar-refractivity contribution in [2.75, 3.05) is 0 Å². The molecule has 1 saturated heterocycles. The van der Waals surface area contributed by atoms with Gasteiger partial charge in [0.15, 0.2) is 0 Å². The first-order valence-corrected chi connectivity index (χ1v) is 8.53. The summed E-state index contributed by atoms with van der Waals surface area (Å²) in [5.41, 5.74) is 0.0163. The molecule has 1 fully saturated rings. The Morgan fingerprint density at radius 2 is 1.96 bits per heavy atom. The molecule has 1 aromatic carbocycles. The van der Waals surface area contributed by atoms with Crippen molar-refractivity contribution in [3.63, 3.8) is 0 Å². The van der Waals surface area contributed by atoms with Crippen molar-refractivity contribution in [3.05, 3.63) is 29.8 Å². The molecule has 0 bridgehead atoms. The molecule has 0 N–H and O–H groups in total. The summed E-state index contributed by atoms with van der Waals surface area (Å²) in [7, 11) is 0. The zero-order valence-electron chi connectivity index (χ0n) is 14.1. The molecule has 2 rings (SSSR count). The van der Waals surface area contributed by atoms with Crippen LogP contribution in [-0.4, -0.2) is 17.8 Å². The predicted octanol–water partition coefficient (Wildman–Crippen LogP) is 4.98. The second kappa shape index (κ2) is 8.02. The van der Waals surface area contributed by atoms with Gasteiger partial charge in [0.05, 0.1) is 6.10 Å². The van der Waals surface area contributed by atoms with Crippen LogP contribution in [0.4, 0.5) is 4.79 Å². The van der Waals surface area contributed by atoms with E-state index < -0.39 is 5.43 Å². The van der Waals surface area contributed by atoms with Gasteiger partial charge in [0, 0.05) is 17.5 Å². The highest BCUT2D eigenvalue weighted by Gasteiger charge is 2.39. The first-order valence-electron chi connectivity index (χ1n) is 8.15. The van der Waals surface area contributed by atoms with Gasteiger partial charge in [0.1, 0.15) is 12.4 Å². The fraction of sp³-hybridized carbons (Fsp3) is 0.611. The summed E-state index contributed by atoms with van der Waals surface area (Å²) in [6.07, 6.45) is 0.924. The van der Waals surface area contributed by atoms with Crippen molar-refractivity contribution < 1.29 is 19.0 Å². The average Bonchev–Trinajstić information content (AvgIpc) is 2.54. The molecule has 1 aliphatic heterocycles. The van der Waals surface area contributed by atoms with Crippen LogP contribution >= 0.6 is 11.6 Å². The van der Waals surface area contributed by atoms with Crippen LogP contribution in [0.3, 0.4) is 0 Å². The maximum Gasteiger partial charge on any atom is 0.404 e. The van der Waals surface area contributed by atoms with Crippen LogP contribution in [0.1, 0.15) is 39.7 Å². The summed E-state index contributed by atoms with van der Waals surface area (Å²) >= 11 is 5.19. The minimum atomic E-state index is -0.811. The molecule has 1 aliphatic rings. The Balaban J connectivity index is 2.05. The van der Waals surface area contributed by atoms with E-state index in [9.17, 15) is 4.79 Å². The summed E-state index contributed by atoms with van der Waals surface area (Å²) < 4.78 is 17.0. The lowest BCUT2D eigenvalue weighted by Crippen LogP contribution is -2.46. The number of rotatable bonds is 5. The molecule has 0 amide bonds. The van der Waals surface area contributed by atoms with E-state index in [1.807, 2.05) is 24.3 Å². The Labute approximate surface area is 143 Å². The van der Waals surface area contributed by atoms with E-state index >= 15 is 0 Å². The molecule has 0 spiro atoms. The third-order valence-electron chi connectivity index (χ3n) is 4.89. The van der Waals surface area contributed by atoms with Crippen molar-refractivity contribution in [2.45, 2.75) is 53.1 Å². The van der Waals surface area contributed by atoms with Crippen LogP contribution in [-0.2, 0) is 16.1 Å². The van der Waals surface area contributed by atoms with Crippen LogP contribution in [0.25, 0.3) is 0 Å². The predicted molar refractivity (Wildman–Crippen MR) is 89.6 cm³/mol. The first kappa shape index (κ1) is 18.1. The zero-order chi connectivity index (χ0) is 17.0. The lowest BCUT2D eigenvalue weighted by atomic mass is 9.78. The Morgan fingerprint density at radius 3 is 2.61 bits per heavy atom. The quantitative estimate of drug-likeness (QED) is 0.709.